The van der Waals surface area contributed by atoms with Crippen LogP contribution in [0.25, 0.3) is 0 Å². The van der Waals surface area contributed by atoms with E-state index in [1.807, 2.05) is 18.8 Å². The minimum atomic E-state index is 0.253. The summed E-state index contributed by atoms with van der Waals surface area (Å²) in [5, 5.41) is 3.34. The smallest absolute Gasteiger partial charge is 0.0794 e. The molecule has 0 bridgehead atoms. The van der Waals surface area contributed by atoms with Crippen molar-refractivity contribution in [3.63, 3.8) is 0 Å². The third-order valence-electron chi connectivity index (χ3n) is 2.96. The van der Waals surface area contributed by atoms with Gasteiger partial charge in [0.05, 0.1) is 11.6 Å². The summed E-state index contributed by atoms with van der Waals surface area (Å²) in [6.07, 6.45) is 1.93. The van der Waals surface area contributed by atoms with Crippen LogP contribution in [-0.4, -0.2) is 12.0 Å². The maximum Gasteiger partial charge on any atom is 0.0794 e. The molecule has 2 nitrogen and oxygen atoms in total. The summed E-state index contributed by atoms with van der Waals surface area (Å²) in [6, 6.07) is 9.09. The second-order valence-corrected chi connectivity index (χ2v) is 5.36. The van der Waals surface area contributed by atoms with Gasteiger partial charge in [-0.3, -0.25) is 4.98 Å². The maximum atomic E-state index is 4.14. The number of nitrogens with zero attached hydrogens (tertiary/aromatic N) is 1. The Morgan fingerprint density at radius 2 is 1.76 bits per heavy atom. The molecule has 0 radical (unpaired) electrons. The Hall–Kier alpha value is -1.19. The summed E-state index contributed by atoms with van der Waals surface area (Å²) in [7, 11) is 1.99. The molecule has 1 unspecified atom stereocenters. The fourth-order valence-electron chi connectivity index (χ4n) is 1.91. The van der Waals surface area contributed by atoms with E-state index in [0.29, 0.717) is 5.92 Å². The number of nitrogens with one attached hydrogen (secondary N) is 1. The molecule has 0 amide bonds. The molecule has 1 heterocycles. The second-order valence-electron chi connectivity index (χ2n) is 4.45. The van der Waals surface area contributed by atoms with Gasteiger partial charge >= 0.3 is 0 Å². The summed E-state index contributed by atoms with van der Waals surface area (Å²) in [4.78, 5) is 5.40. The van der Waals surface area contributed by atoms with Gasteiger partial charge in [-0.2, -0.15) is 0 Å². The average Bonchev–Trinajstić information content (AvgIpc) is 2.84. The van der Waals surface area contributed by atoms with Crippen molar-refractivity contribution in [2.24, 2.45) is 0 Å². The normalized spacial score (nSPS) is 12.9. The first kappa shape index (κ1) is 12.3. The van der Waals surface area contributed by atoms with Crippen molar-refractivity contribution in [2.45, 2.75) is 25.8 Å². The van der Waals surface area contributed by atoms with Gasteiger partial charge in [-0.25, -0.2) is 0 Å². The van der Waals surface area contributed by atoms with Gasteiger partial charge in [0, 0.05) is 11.1 Å². The number of rotatable bonds is 4. The van der Waals surface area contributed by atoms with Crippen LogP contribution in [-0.2, 0) is 0 Å². The van der Waals surface area contributed by atoms with E-state index in [9.17, 15) is 0 Å². The molecule has 2 rings (SSSR count). The lowest BCUT2D eigenvalue weighted by atomic mass is 9.99. The van der Waals surface area contributed by atoms with Crippen LogP contribution in [0, 0.1) is 0 Å². The van der Waals surface area contributed by atoms with Crippen LogP contribution in [0.15, 0.2) is 36.0 Å². The van der Waals surface area contributed by atoms with Crippen molar-refractivity contribution < 1.29 is 0 Å². The van der Waals surface area contributed by atoms with Gasteiger partial charge in [0.1, 0.15) is 0 Å². The molecular formula is C14H18N2S. The van der Waals surface area contributed by atoms with Crippen molar-refractivity contribution >= 4 is 11.3 Å². The van der Waals surface area contributed by atoms with Gasteiger partial charge < -0.3 is 5.32 Å². The lowest BCUT2D eigenvalue weighted by Gasteiger charge is -2.15. The number of hydrogen-bond acceptors (Lipinski definition) is 3. The molecule has 0 saturated heterocycles. The topological polar surface area (TPSA) is 24.9 Å². The van der Waals surface area contributed by atoms with E-state index < -0.39 is 0 Å². The summed E-state index contributed by atoms with van der Waals surface area (Å²) < 4.78 is 0. The highest BCUT2D eigenvalue weighted by atomic mass is 32.1. The summed E-state index contributed by atoms with van der Waals surface area (Å²) >= 11 is 1.69. The Labute approximate surface area is 107 Å². The van der Waals surface area contributed by atoms with E-state index in [4.69, 9.17) is 0 Å². The Morgan fingerprint density at radius 1 is 1.12 bits per heavy atom. The van der Waals surface area contributed by atoms with Crippen LogP contribution in [0.3, 0.4) is 0 Å². The highest BCUT2D eigenvalue weighted by Crippen LogP contribution is 2.25. The first-order chi connectivity index (χ1) is 8.22. The molecule has 17 heavy (non-hydrogen) atoms. The third-order valence-corrected chi connectivity index (χ3v) is 3.80. The zero-order chi connectivity index (χ0) is 12.3. The van der Waals surface area contributed by atoms with Crippen LogP contribution in [0.1, 0.15) is 41.8 Å². The molecule has 1 N–H and O–H groups in total. The predicted molar refractivity (Wildman–Crippen MR) is 73.5 cm³/mol. The molecule has 0 aliphatic carbocycles. The van der Waals surface area contributed by atoms with Crippen molar-refractivity contribution in [3.05, 3.63) is 52.0 Å². The second kappa shape index (κ2) is 5.43. The first-order valence-corrected chi connectivity index (χ1v) is 6.76. The van der Waals surface area contributed by atoms with Crippen LogP contribution in [0.4, 0.5) is 0 Å². The molecule has 1 aromatic carbocycles. The van der Waals surface area contributed by atoms with Crippen molar-refractivity contribution in [2.75, 3.05) is 7.05 Å². The van der Waals surface area contributed by atoms with Crippen LogP contribution < -0.4 is 5.32 Å². The molecule has 0 fully saturated rings. The largest absolute Gasteiger partial charge is 0.309 e. The van der Waals surface area contributed by atoms with Gasteiger partial charge in [0.2, 0.25) is 0 Å². The van der Waals surface area contributed by atoms with E-state index in [0.717, 1.165) is 0 Å². The van der Waals surface area contributed by atoms with Crippen LogP contribution in [0.2, 0.25) is 0 Å². The summed E-state index contributed by atoms with van der Waals surface area (Å²) in [5.74, 6) is 0.584. The Kier molecular flexibility index (Phi) is 3.92. The van der Waals surface area contributed by atoms with Crippen LogP contribution in [0.5, 0.6) is 0 Å². The molecule has 1 atom stereocenters. The van der Waals surface area contributed by atoms with E-state index in [1.54, 1.807) is 11.3 Å². The number of thiazole rings is 1. The fourth-order valence-corrected chi connectivity index (χ4v) is 2.67. The predicted octanol–water partition coefficient (Wildman–Crippen LogP) is 3.58. The average molecular weight is 246 g/mol. The zero-order valence-corrected chi connectivity index (χ0v) is 11.3. The number of hydrogen-bond donors (Lipinski definition) is 1. The van der Waals surface area contributed by atoms with Gasteiger partial charge in [0.25, 0.3) is 0 Å². The summed E-state index contributed by atoms with van der Waals surface area (Å²) in [5.41, 5.74) is 4.55. The van der Waals surface area contributed by atoms with E-state index in [2.05, 4.69) is 48.4 Å². The Morgan fingerprint density at radius 3 is 2.24 bits per heavy atom. The van der Waals surface area contributed by atoms with Gasteiger partial charge in [-0.05, 0) is 24.1 Å². The van der Waals surface area contributed by atoms with E-state index >= 15 is 0 Å². The third kappa shape index (κ3) is 2.73. The monoisotopic (exact) mass is 246 g/mol. The highest BCUT2D eigenvalue weighted by molar-refractivity contribution is 7.09. The maximum absolute atomic E-state index is 4.14. The van der Waals surface area contributed by atoms with Crippen molar-refractivity contribution in [1.29, 1.82) is 0 Å². The molecular weight excluding hydrogens is 228 g/mol. The zero-order valence-electron chi connectivity index (χ0n) is 10.5. The standard InChI is InChI=1S/C14H18N2S/c1-10(2)11-4-6-12(7-5-11)14(15-3)13-8-16-9-17-13/h4-10,14-15H,1-3H3. The highest BCUT2D eigenvalue weighted by Gasteiger charge is 2.13. The summed E-state index contributed by atoms with van der Waals surface area (Å²) in [6.45, 7) is 4.43. The Bertz CT molecular complexity index is 446. The molecule has 0 aliphatic rings. The van der Waals surface area contributed by atoms with E-state index in [-0.39, 0.29) is 6.04 Å². The number of benzene rings is 1. The molecule has 0 aliphatic heterocycles. The molecule has 90 valence electrons. The van der Waals surface area contributed by atoms with Crippen molar-refractivity contribution in [3.8, 4) is 0 Å². The minimum Gasteiger partial charge on any atom is -0.309 e. The van der Waals surface area contributed by atoms with Gasteiger partial charge in [0.15, 0.2) is 0 Å². The number of aromatic nitrogens is 1. The van der Waals surface area contributed by atoms with Crippen LogP contribution >= 0.6 is 11.3 Å². The van der Waals surface area contributed by atoms with E-state index in [1.165, 1.54) is 16.0 Å². The van der Waals surface area contributed by atoms with Gasteiger partial charge in [-0.15, -0.1) is 11.3 Å². The SMILES string of the molecule is CNC(c1ccc(C(C)C)cc1)c1cncs1. The fraction of sp³-hybridized carbons (Fsp3) is 0.357. The quantitative estimate of drug-likeness (QED) is 0.892. The van der Waals surface area contributed by atoms with Crippen molar-refractivity contribution in [1.82, 2.24) is 10.3 Å². The van der Waals surface area contributed by atoms with Gasteiger partial charge in [-0.1, -0.05) is 38.1 Å². The molecule has 2 aromatic rings. The lowest BCUT2D eigenvalue weighted by Crippen LogP contribution is -2.16. The minimum absolute atomic E-state index is 0.253. The molecule has 0 spiro atoms. The lowest BCUT2D eigenvalue weighted by molar-refractivity contribution is 0.701. The molecule has 3 heteroatoms. The molecule has 0 saturated carbocycles. The first-order valence-electron chi connectivity index (χ1n) is 5.88. The Balaban J connectivity index is 2.26. The molecule has 1 aromatic heterocycles.